The van der Waals surface area contributed by atoms with Crippen molar-refractivity contribution in [2.24, 2.45) is 5.92 Å². The van der Waals surface area contributed by atoms with E-state index in [1.165, 1.54) is 38.5 Å². The third-order valence-electron chi connectivity index (χ3n) is 3.89. The minimum Gasteiger partial charge on any atom is -0.360 e. The Kier molecular flexibility index (Phi) is 6.98. The molecule has 106 valence electrons. The Balaban J connectivity index is 2.58. The van der Waals surface area contributed by atoms with E-state index in [1.54, 1.807) is 0 Å². The van der Waals surface area contributed by atoms with Crippen molar-refractivity contribution in [2.45, 2.75) is 78.3 Å². The van der Waals surface area contributed by atoms with Crippen LogP contribution in [-0.4, -0.2) is 28.6 Å². The summed E-state index contributed by atoms with van der Waals surface area (Å²) >= 11 is 5.65. The fraction of sp³-hybridized carbons (Fsp3) is 0.933. The van der Waals surface area contributed by atoms with E-state index >= 15 is 0 Å². The molecule has 0 saturated heterocycles. The first kappa shape index (κ1) is 15.7. The van der Waals surface area contributed by atoms with Crippen LogP contribution in [0, 0.1) is 5.92 Å². The van der Waals surface area contributed by atoms with Gasteiger partial charge in [0.25, 0.3) is 0 Å². The smallest absolute Gasteiger partial charge is 0.169 e. The van der Waals surface area contributed by atoms with Crippen molar-refractivity contribution in [1.29, 1.82) is 0 Å². The molecule has 0 aromatic heterocycles. The Bertz CT molecular complexity index is 243. The molecule has 0 bridgehead atoms. The van der Waals surface area contributed by atoms with Gasteiger partial charge >= 0.3 is 0 Å². The highest BCUT2D eigenvalue weighted by Crippen LogP contribution is 2.19. The largest absolute Gasteiger partial charge is 0.360 e. The van der Waals surface area contributed by atoms with Crippen LogP contribution in [-0.2, 0) is 0 Å². The number of rotatable bonds is 6. The average molecular weight is 270 g/mol. The highest BCUT2D eigenvalue weighted by molar-refractivity contribution is 7.80. The number of hydrogen-bond acceptors (Lipinski definition) is 1. The summed E-state index contributed by atoms with van der Waals surface area (Å²) in [6.07, 6.45) is 7.65. The molecule has 1 saturated carbocycles. The van der Waals surface area contributed by atoms with E-state index in [2.05, 4.69) is 37.9 Å². The highest BCUT2D eigenvalue weighted by atomic mass is 32.1. The Morgan fingerprint density at radius 1 is 1.22 bits per heavy atom. The van der Waals surface area contributed by atoms with Crippen molar-refractivity contribution in [1.82, 2.24) is 10.2 Å². The van der Waals surface area contributed by atoms with Gasteiger partial charge in [0, 0.05) is 18.6 Å². The molecule has 0 atom stereocenters. The molecule has 1 aliphatic carbocycles. The van der Waals surface area contributed by atoms with Gasteiger partial charge in [-0.05, 0) is 43.8 Å². The van der Waals surface area contributed by atoms with Gasteiger partial charge < -0.3 is 10.2 Å². The lowest BCUT2D eigenvalue weighted by Crippen LogP contribution is -2.49. The van der Waals surface area contributed by atoms with Crippen molar-refractivity contribution >= 4 is 17.3 Å². The molecular weight excluding hydrogens is 240 g/mol. The second-order valence-corrected chi connectivity index (χ2v) is 6.33. The van der Waals surface area contributed by atoms with Crippen molar-refractivity contribution in [3.8, 4) is 0 Å². The molecular formula is C15H30N2S. The van der Waals surface area contributed by atoms with Gasteiger partial charge in [0.1, 0.15) is 0 Å². The minimum absolute atomic E-state index is 0.591. The molecule has 0 amide bonds. The van der Waals surface area contributed by atoms with Crippen LogP contribution in [0.3, 0.4) is 0 Å². The lowest BCUT2D eigenvalue weighted by Gasteiger charge is -2.35. The predicted octanol–water partition coefficient (Wildman–Crippen LogP) is 3.95. The maximum Gasteiger partial charge on any atom is 0.169 e. The molecule has 0 heterocycles. The van der Waals surface area contributed by atoms with Crippen molar-refractivity contribution in [3.05, 3.63) is 0 Å². The van der Waals surface area contributed by atoms with E-state index in [4.69, 9.17) is 12.2 Å². The summed E-state index contributed by atoms with van der Waals surface area (Å²) in [7, 11) is 0. The molecule has 3 heteroatoms. The standard InChI is InChI=1S/C15H30N2S/c1-5-14(6-2)17(11-12(3)4)15(18)16-13-9-7-8-10-13/h12-14H,5-11H2,1-4H3,(H,16,18). The van der Waals surface area contributed by atoms with Crippen LogP contribution in [0.4, 0.5) is 0 Å². The fourth-order valence-electron chi connectivity index (χ4n) is 2.85. The van der Waals surface area contributed by atoms with Gasteiger partial charge in [0.2, 0.25) is 0 Å². The predicted molar refractivity (Wildman–Crippen MR) is 83.9 cm³/mol. The van der Waals surface area contributed by atoms with E-state index < -0.39 is 0 Å². The van der Waals surface area contributed by atoms with Gasteiger partial charge in [-0.2, -0.15) is 0 Å². The molecule has 0 radical (unpaired) electrons. The second kappa shape index (κ2) is 7.98. The first-order valence-corrected chi connectivity index (χ1v) is 8.06. The van der Waals surface area contributed by atoms with Gasteiger partial charge in [-0.25, -0.2) is 0 Å². The Morgan fingerprint density at radius 3 is 2.22 bits per heavy atom. The van der Waals surface area contributed by atoms with Crippen LogP contribution in [0.25, 0.3) is 0 Å². The molecule has 0 unspecified atom stereocenters. The zero-order chi connectivity index (χ0) is 13.5. The van der Waals surface area contributed by atoms with E-state index in [1.807, 2.05) is 0 Å². The monoisotopic (exact) mass is 270 g/mol. The molecule has 0 aromatic carbocycles. The zero-order valence-electron chi connectivity index (χ0n) is 12.5. The van der Waals surface area contributed by atoms with Crippen LogP contribution in [0.1, 0.15) is 66.2 Å². The quantitative estimate of drug-likeness (QED) is 0.736. The highest BCUT2D eigenvalue weighted by Gasteiger charge is 2.22. The zero-order valence-corrected chi connectivity index (χ0v) is 13.4. The van der Waals surface area contributed by atoms with Gasteiger partial charge in [-0.3, -0.25) is 0 Å². The Labute approximate surface area is 119 Å². The van der Waals surface area contributed by atoms with Gasteiger partial charge in [-0.15, -0.1) is 0 Å². The molecule has 2 nitrogen and oxygen atoms in total. The van der Waals surface area contributed by atoms with Crippen LogP contribution >= 0.6 is 12.2 Å². The molecule has 0 aliphatic heterocycles. The third-order valence-corrected chi connectivity index (χ3v) is 4.24. The number of thiocarbonyl (C=S) groups is 1. The van der Waals surface area contributed by atoms with E-state index in [9.17, 15) is 0 Å². The molecule has 18 heavy (non-hydrogen) atoms. The van der Waals surface area contributed by atoms with Crippen LogP contribution in [0.2, 0.25) is 0 Å². The molecule has 1 rings (SSSR count). The summed E-state index contributed by atoms with van der Waals surface area (Å²) in [5.41, 5.74) is 0. The summed E-state index contributed by atoms with van der Waals surface area (Å²) in [5, 5.41) is 4.58. The molecule has 1 aliphatic rings. The number of nitrogens with one attached hydrogen (secondary N) is 1. The lowest BCUT2D eigenvalue weighted by molar-refractivity contribution is 0.261. The molecule has 1 fully saturated rings. The Hall–Kier alpha value is -0.310. The third kappa shape index (κ3) is 4.75. The lowest BCUT2D eigenvalue weighted by atomic mass is 10.1. The first-order valence-electron chi connectivity index (χ1n) is 7.65. The van der Waals surface area contributed by atoms with Gasteiger partial charge in [0.15, 0.2) is 5.11 Å². The maximum absolute atomic E-state index is 5.65. The topological polar surface area (TPSA) is 15.3 Å². The summed E-state index contributed by atoms with van der Waals surface area (Å²) < 4.78 is 0. The van der Waals surface area contributed by atoms with E-state index in [-0.39, 0.29) is 0 Å². The number of nitrogens with zero attached hydrogens (tertiary/aromatic N) is 1. The van der Waals surface area contributed by atoms with Crippen molar-refractivity contribution < 1.29 is 0 Å². The number of hydrogen-bond donors (Lipinski definition) is 1. The SMILES string of the molecule is CCC(CC)N(CC(C)C)C(=S)NC1CCCC1. The van der Waals surface area contributed by atoms with Crippen molar-refractivity contribution in [3.63, 3.8) is 0 Å². The van der Waals surface area contributed by atoms with E-state index in [0.29, 0.717) is 18.0 Å². The maximum atomic E-state index is 5.65. The minimum atomic E-state index is 0.591. The Morgan fingerprint density at radius 2 is 1.78 bits per heavy atom. The second-order valence-electron chi connectivity index (χ2n) is 5.95. The van der Waals surface area contributed by atoms with Gasteiger partial charge in [-0.1, -0.05) is 40.5 Å². The summed E-state index contributed by atoms with van der Waals surface area (Å²) in [6.45, 7) is 10.1. The first-order chi connectivity index (χ1) is 8.58. The van der Waals surface area contributed by atoms with Crippen LogP contribution in [0.15, 0.2) is 0 Å². The van der Waals surface area contributed by atoms with Crippen LogP contribution < -0.4 is 5.32 Å². The van der Waals surface area contributed by atoms with Crippen molar-refractivity contribution in [2.75, 3.05) is 6.54 Å². The van der Waals surface area contributed by atoms with Crippen LogP contribution in [0.5, 0.6) is 0 Å². The molecule has 1 N–H and O–H groups in total. The fourth-order valence-corrected chi connectivity index (χ4v) is 3.24. The average Bonchev–Trinajstić information content (AvgIpc) is 2.81. The molecule has 0 spiro atoms. The summed E-state index contributed by atoms with van der Waals surface area (Å²) in [6, 6.07) is 1.22. The van der Waals surface area contributed by atoms with Gasteiger partial charge in [0.05, 0.1) is 0 Å². The molecule has 0 aromatic rings. The van der Waals surface area contributed by atoms with E-state index in [0.717, 1.165) is 11.7 Å². The summed E-state index contributed by atoms with van der Waals surface area (Å²) in [4.78, 5) is 2.43. The summed E-state index contributed by atoms with van der Waals surface area (Å²) in [5.74, 6) is 0.661. The normalized spacial score (nSPS) is 16.6.